The molecule has 108 valence electrons. The first-order valence-electron chi connectivity index (χ1n) is 5.73. The van der Waals surface area contributed by atoms with E-state index in [0.717, 1.165) is 5.56 Å². The summed E-state index contributed by atoms with van der Waals surface area (Å²) >= 11 is 6.01. The van der Waals surface area contributed by atoms with Gasteiger partial charge in [-0.1, -0.05) is 31.5 Å². The Kier molecular flexibility index (Phi) is 6.77. The lowest BCUT2D eigenvalue weighted by Gasteiger charge is -2.27. The zero-order valence-corrected chi connectivity index (χ0v) is 12.7. The second-order valence-electron chi connectivity index (χ2n) is 5.01. The van der Waals surface area contributed by atoms with Crippen LogP contribution in [-0.4, -0.2) is 18.5 Å². The largest absolute Gasteiger partial charge is 0.354 e. The molecule has 19 heavy (non-hydrogen) atoms. The Morgan fingerprint density at radius 2 is 2.11 bits per heavy atom. The van der Waals surface area contributed by atoms with Gasteiger partial charge in [-0.3, -0.25) is 4.79 Å². The maximum atomic E-state index is 13.0. The van der Waals surface area contributed by atoms with E-state index in [2.05, 4.69) is 5.32 Å². The second-order valence-corrected chi connectivity index (χ2v) is 5.42. The summed E-state index contributed by atoms with van der Waals surface area (Å²) in [4.78, 5) is 11.4. The van der Waals surface area contributed by atoms with Crippen molar-refractivity contribution in [3.63, 3.8) is 0 Å². The van der Waals surface area contributed by atoms with Crippen LogP contribution in [-0.2, 0) is 10.2 Å². The van der Waals surface area contributed by atoms with Crippen molar-refractivity contribution in [2.24, 2.45) is 5.73 Å². The van der Waals surface area contributed by atoms with Crippen LogP contribution >= 0.6 is 24.0 Å². The highest BCUT2D eigenvalue weighted by Crippen LogP contribution is 2.29. The molecule has 0 saturated carbocycles. The summed E-state index contributed by atoms with van der Waals surface area (Å²) in [6.07, 6.45) is 0. The highest BCUT2D eigenvalue weighted by molar-refractivity contribution is 6.31. The Bertz CT molecular complexity index is 450. The van der Waals surface area contributed by atoms with Crippen LogP contribution in [0.2, 0.25) is 5.02 Å². The number of hydrogen-bond acceptors (Lipinski definition) is 2. The molecule has 0 aromatic heterocycles. The van der Waals surface area contributed by atoms with E-state index in [1.807, 2.05) is 13.8 Å². The summed E-state index contributed by atoms with van der Waals surface area (Å²) in [7, 11) is 0. The summed E-state index contributed by atoms with van der Waals surface area (Å²) in [6, 6.07) is 3.71. The van der Waals surface area contributed by atoms with E-state index in [4.69, 9.17) is 17.3 Å². The molecule has 0 aliphatic rings. The van der Waals surface area contributed by atoms with Crippen LogP contribution in [0.25, 0.3) is 0 Å². The molecule has 0 radical (unpaired) electrons. The monoisotopic (exact) mass is 308 g/mol. The number of benzene rings is 1. The van der Waals surface area contributed by atoms with Crippen molar-refractivity contribution in [3.8, 4) is 0 Å². The van der Waals surface area contributed by atoms with Gasteiger partial charge in [-0.2, -0.15) is 0 Å². The van der Waals surface area contributed by atoms with E-state index in [0.29, 0.717) is 11.6 Å². The lowest BCUT2D eigenvalue weighted by Crippen LogP contribution is -2.43. The van der Waals surface area contributed by atoms with Gasteiger partial charge < -0.3 is 11.1 Å². The summed E-state index contributed by atoms with van der Waals surface area (Å²) in [5, 5.41) is 3.10. The van der Waals surface area contributed by atoms with Crippen molar-refractivity contribution in [1.29, 1.82) is 0 Å². The van der Waals surface area contributed by atoms with Crippen LogP contribution in [0.5, 0.6) is 0 Å². The Morgan fingerprint density at radius 1 is 1.53 bits per heavy atom. The van der Waals surface area contributed by atoms with Crippen molar-refractivity contribution in [1.82, 2.24) is 5.32 Å². The maximum Gasteiger partial charge on any atom is 0.236 e. The zero-order valence-electron chi connectivity index (χ0n) is 11.2. The lowest BCUT2D eigenvalue weighted by atomic mass is 9.84. The van der Waals surface area contributed by atoms with Crippen LogP contribution < -0.4 is 11.1 Å². The first-order chi connectivity index (χ1) is 8.24. The number of nitrogens with two attached hydrogens (primary N) is 1. The zero-order chi connectivity index (χ0) is 13.9. The minimum atomic E-state index is -0.551. The summed E-state index contributed by atoms with van der Waals surface area (Å²) in [5.41, 5.74) is 5.86. The minimum Gasteiger partial charge on any atom is -0.354 e. The molecule has 1 aromatic carbocycles. The SMILES string of the molecule is C[C@@H](N)C(=O)NCC(C)(C)c1ccc(F)cc1Cl.Cl. The summed E-state index contributed by atoms with van der Waals surface area (Å²) in [6.45, 7) is 5.85. The molecular weight excluding hydrogens is 290 g/mol. The van der Waals surface area contributed by atoms with Crippen LogP contribution in [0.1, 0.15) is 26.3 Å². The Balaban J connectivity index is 0.00000324. The van der Waals surface area contributed by atoms with E-state index in [1.165, 1.54) is 12.1 Å². The molecule has 0 bridgehead atoms. The summed E-state index contributed by atoms with van der Waals surface area (Å²) in [5.74, 6) is -0.597. The van der Waals surface area contributed by atoms with Gasteiger partial charge in [0.25, 0.3) is 0 Å². The molecule has 1 rings (SSSR count). The lowest BCUT2D eigenvalue weighted by molar-refractivity contribution is -0.122. The number of nitrogens with one attached hydrogen (secondary N) is 1. The van der Waals surface area contributed by atoms with Crippen LogP contribution in [0.3, 0.4) is 0 Å². The van der Waals surface area contributed by atoms with Crippen LogP contribution in [0.4, 0.5) is 4.39 Å². The Labute approximate surface area is 124 Å². The van der Waals surface area contributed by atoms with Gasteiger partial charge >= 0.3 is 0 Å². The van der Waals surface area contributed by atoms with Gasteiger partial charge in [0.1, 0.15) is 5.82 Å². The van der Waals surface area contributed by atoms with Gasteiger partial charge in [0, 0.05) is 17.0 Å². The molecule has 0 heterocycles. The fourth-order valence-electron chi connectivity index (χ4n) is 1.60. The predicted molar refractivity (Wildman–Crippen MR) is 78.3 cm³/mol. The van der Waals surface area contributed by atoms with E-state index < -0.39 is 11.5 Å². The molecule has 3 N–H and O–H groups in total. The standard InChI is InChI=1S/C13H18ClFN2O.ClH/c1-8(16)12(18)17-7-13(2,3)10-5-4-9(15)6-11(10)14;/h4-6,8H,7,16H2,1-3H3,(H,17,18);1H/t8-;/m1./s1. The van der Waals surface area contributed by atoms with Gasteiger partial charge in [0.15, 0.2) is 0 Å². The van der Waals surface area contributed by atoms with Crippen molar-refractivity contribution in [3.05, 3.63) is 34.6 Å². The number of amides is 1. The highest BCUT2D eigenvalue weighted by Gasteiger charge is 2.24. The maximum absolute atomic E-state index is 13.0. The molecule has 1 aromatic rings. The van der Waals surface area contributed by atoms with Gasteiger partial charge in [-0.15, -0.1) is 12.4 Å². The van der Waals surface area contributed by atoms with Crippen LogP contribution in [0.15, 0.2) is 18.2 Å². The number of rotatable bonds is 4. The number of hydrogen-bond donors (Lipinski definition) is 2. The Morgan fingerprint density at radius 3 is 2.58 bits per heavy atom. The van der Waals surface area contributed by atoms with Crippen molar-refractivity contribution in [2.75, 3.05) is 6.54 Å². The van der Waals surface area contributed by atoms with Gasteiger partial charge in [0.05, 0.1) is 6.04 Å². The molecule has 0 spiro atoms. The fourth-order valence-corrected chi connectivity index (χ4v) is 2.03. The topological polar surface area (TPSA) is 55.1 Å². The van der Waals surface area contributed by atoms with E-state index in [9.17, 15) is 9.18 Å². The van der Waals surface area contributed by atoms with Gasteiger partial charge in [0.2, 0.25) is 5.91 Å². The van der Waals surface area contributed by atoms with Crippen molar-refractivity contribution in [2.45, 2.75) is 32.2 Å². The molecule has 3 nitrogen and oxygen atoms in total. The summed E-state index contributed by atoms with van der Waals surface area (Å²) < 4.78 is 13.0. The Hall–Kier alpha value is -0.840. The smallest absolute Gasteiger partial charge is 0.236 e. The number of carbonyl (C=O) groups excluding carboxylic acids is 1. The molecule has 0 aliphatic carbocycles. The number of carbonyl (C=O) groups is 1. The third-order valence-corrected chi connectivity index (χ3v) is 3.09. The molecule has 1 amide bonds. The average Bonchev–Trinajstić information content (AvgIpc) is 2.25. The third kappa shape index (κ3) is 4.97. The molecule has 0 unspecified atom stereocenters. The highest BCUT2D eigenvalue weighted by atomic mass is 35.5. The second kappa shape index (κ2) is 7.08. The normalized spacial score (nSPS) is 12.5. The predicted octanol–water partition coefficient (Wildman–Crippen LogP) is 2.64. The first-order valence-corrected chi connectivity index (χ1v) is 6.10. The van der Waals surface area contributed by atoms with Crippen LogP contribution in [0, 0.1) is 5.82 Å². The first kappa shape index (κ1) is 18.2. The molecular formula is C13H19Cl2FN2O. The third-order valence-electron chi connectivity index (χ3n) is 2.78. The molecule has 6 heteroatoms. The fraction of sp³-hybridized carbons (Fsp3) is 0.462. The molecule has 1 atom stereocenters. The molecule has 0 fully saturated rings. The number of halogens is 3. The quantitative estimate of drug-likeness (QED) is 0.898. The van der Waals surface area contributed by atoms with Gasteiger partial charge in [-0.05, 0) is 24.6 Å². The van der Waals surface area contributed by atoms with E-state index in [1.54, 1.807) is 13.0 Å². The molecule has 0 aliphatic heterocycles. The van der Waals surface area contributed by atoms with Crippen molar-refractivity contribution < 1.29 is 9.18 Å². The minimum absolute atomic E-state index is 0. The molecule has 0 saturated heterocycles. The van der Waals surface area contributed by atoms with Gasteiger partial charge in [-0.25, -0.2) is 4.39 Å². The van der Waals surface area contributed by atoms with E-state index >= 15 is 0 Å². The van der Waals surface area contributed by atoms with E-state index in [-0.39, 0.29) is 24.1 Å². The average molecular weight is 309 g/mol. The van der Waals surface area contributed by atoms with Crippen molar-refractivity contribution >= 4 is 29.9 Å².